The van der Waals surface area contributed by atoms with Gasteiger partial charge in [-0.2, -0.15) is 0 Å². The topological polar surface area (TPSA) is 197 Å². The third kappa shape index (κ3) is 12.4. The maximum Gasteiger partial charge on any atom is 0.407 e. The summed E-state index contributed by atoms with van der Waals surface area (Å²) < 4.78 is 64.3. The highest BCUT2D eigenvalue weighted by molar-refractivity contribution is 7.55. The van der Waals surface area contributed by atoms with E-state index in [9.17, 15) is 14.7 Å². The lowest BCUT2D eigenvalue weighted by molar-refractivity contribution is -0.344. The fourth-order valence-corrected chi connectivity index (χ4v) is 11.0. The summed E-state index contributed by atoms with van der Waals surface area (Å²) in [6.07, 6.45) is -2.62. The molecule has 2 aromatic rings. The van der Waals surface area contributed by atoms with E-state index in [0.717, 1.165) is 17.5 Å². The molecule has 372 valence electrons. The molecule has 5 N–H and O–H groups in total. The Balaban J connectivity index is 1.06. The lowest BCUT2D eigenvalue weighted by Gasteiger charge is -2.50. The third-order valence-corrected chi connectivity index (χ3v) is 15.8. The van der Waals surface area contributed by atoms with Crippen molar-refractivity contribution in [3.63, 3.8) is 0 Å². The van der Waals surface area contributed by atoms with Gasteiger partial charge in [-0.15, -0.1) is 0 Å². The van der Waals surface area contributed by atoms with E-state index in [-0.39, 0.29) is 86.0 Å². The molecule has 1 saturated carbocycles. The fraction of sp³-hybridized carbons (Fsp3) is 0.700. The first-order valence-electron chi connectivity index (χ1n) is 24.3. The highest BCUT2D eigenvalue weighted by atomic mass is 31.1. The number of carbonyl (C=O) groups is 2. The first-order chi connectivity index (χ1) is 32.2. The Morgan fingerprint density at radius 2 is 1.30 bits per heavy atom. The average Bonchev–Trinajstić information content (AvgIpc) is 3.62. The number of hydrogen-bond acceptors (Lipinski definition) is 14. The summed E-state index contributed by atoms with van der Waals surface area (Å²) in [6.45, 7) is 17.5. The van der Waals surface area contributed by atoms with Gasteiger partial charge >= 0.3 is 18.2 Å². The van der Waals surface area contributed by atoms with E-state index in [0.29, 0.717) is 13.0 Å². The first-order valence-corrected chi connectivity index (χ1v) is 26.3. The van der Waals surface area contributed by atoms with Gasteiger partial charge in [0.2, 0.25) is 0 Å². The molecule has 4 heterocycles. The van der Waals surface area contributed by atoms with Crippen molar-refractivity contribution in [1.82, 2.24) is 10.6 Å². The van der Waals surface area contributed by atoms with Crippen LogP contribution < -0.4 is 16.4 Å². The molecule has 17 heteroatoms. The van der Waals surface area contributed by atoms with Crippen molar-refractivity contribution in [3.05, 3.63) is 71.8 Å². The van der Waals surface area contributed by atoms with Gasteiger partial charge in [-0.3, -0.25) is 0 Å². The van der Waals surface area contributed by atoms with Crippen molar-refractivity contribution < 1.29 is 62.1 Å². The number of nitrogens with one attached hydrogen (secondary N) is 2. The van der Waals surface area contributed by atoms with Gasteiger partial charge in [0.15, 0.2) is 18.9 Å². The van der Waals surface area contributed by atoms with E-state index in [1.807, 2.05) is 88.1 Å². The van der Waals surface area contributed by atoms with E-state index < -0.39 is 81.2 Å². The molecule has 7 rings (SSSR count). The van der Waals surface area contributed by atoms with Gasteiger partial charge in [0.1, 0.15) is 45.7 Å². The Labute approximate surface area is 397 Å². The standard InChI is InChI=1S/C50H74N3O13P/c1-10-34-27(3)29(5)45(61-38(34)23-52-48(55)57-24-32-18-14-12-15-19-32)63-42-31(7)47(60-37(42)11-2)65-44-40(54)35(51)22-36(53-49(56)58-25-33-20-16-13-17-21-33)43(44)64-46-30(6)28(4)41-39(62-46)26-59-50(66-41)67(8)9/h12-21,27-31,34-47,50,54H,8,10-11,22-26,51H2,1-7,9H3,(H-,52,53,55,56)/p+1. The van der Waals surface area contributed by atoms with Gasteiger partial charge < -0.3 is 68.8 Å². The summed E-state index contributed by atoms with van der Waals surface area (Å²) in [7, 11) is -0.738. The maximum absolute atomic E-state index is 13.5. The monoisotopic (exact) mass is 957 g/mol. The van der Waals surface area contributed by atoms with Gasteiger partial charge in [0.25, 0.3) is 0 Å². The summed E-state index contributed by atoms with van der Waals surface area (Å²) in [4.78, 5) is 26.3. The number of carbonyl (C=O) groups excluding carboxylic acids is 2. The van der Waals surface area contributed by atoms with Crippen LogP contribution in [0, 0.1) is 35.5 Å². The van der Waals surface area contributed by atoms with E-state index in [2.05, 4.69) is 44.6 Å². The minimum Gasteiger partial charge on any atom is -0.445 e. The molecule has 0 spiro atoms. The van der Waals surface area contributed by atoms with Crippen LogP contribution in [0.1, 0.15) is 78.9 Å². The second-order valence-electron chi connectivity index (χ2n) is 19.4. The van der Waals surface area contributed by atoms with E-state index >= 15 is 0 Å². The molecule has 0 radical (unpaired) electrons. The Morgan fingerprint density at radius 1 is 0.731 bits per heavy atom. The normalized spacial score (nSPS) is 40.0. The molecule has 21 atom stereocenters. The minimum absolute atomic E-state index is 0.00690. The minimum atomic E-state index is -1.20. The number of fused-ring (bicyclic) bond motifs is 1. The highest BCUT2D eigenvalue weighted by Gasteiger charge is 2.55. The Hall–Kier alpha value is -3.25. The van der Waals surface area contributed by atoms with Crippen LogP contribution in [0.3, 0.4) is 0 Å². The van der Waals surface area contributed by atoms with Gasteiger partial charge in [0.05, 0.1) is 49.5 Å². The smallest absolute Gasteiger partial charge is 0.407 e. The van der Waals surface area contributed by atoms with Crippen molar-refractivity contribution >= 4 is 26.0 Å². The lowest BCUT2D eigenvalue weighted by Crippen LogP contribution is -2.67. The van der Waals surface area contributed by atoms with Gasteiger partial charge in [-0.1, -0.05) is 116 Å². The zero-order chi connectivity index (χ0) is 47.9. The van der Waals surface area contributed by atoms with Crippen LogP contribution in [-0.2, 0) is 60.6 Å². The van der Waals surface area contributed by atoms with Crippen LogP contribution in [0.2, 0.25) is 0 Å². The molecule has 0 bridgehead atoms. The zero-order valence-electron chi connectivity index (χ0n) is 40.3. The van der Waals surface area contributed by atoms with E-state index in [4.69, 9.17) is 53.1 Å². The molecule has 4 aliphatic heterocycles. The molecule has 1 aliphatic carbocycles. The number of alkyl carbamates (subject to hydrolysis) is 2. The van der Waals surface area contributed by atoms with Crippen LogP contribution in [0.15, 0.2) is 60.7 Å². The van der Waals surface area contributed by atoms with Gasteiger partial charge in [-0.05, 0) is 41.7 Å². The number of hydrogen-bond donors (Lipinski definition) is 4. The summed E-state index contributed by atoms with van der Waals surface area (Å²) in [5.74, 6) is -0.0957. The van der Waals surface area contributed by atoms with E-state index in [1.165, 1.54) is 0 Å². The van der Waals surface area contributed by atoms with Crippen molar-refractivity contribution in [2.45, 2.75) is 167 Å². The number of benzene rings is 2. The maximum atomic E-state index is 13.5. The molecule has 4 saturated heterocycles. The largest absolute Gasteiger partial charge is 0.445 e. The number of nitrogens with two attached hydrogens (primary N) is 1. The van der Waals surface area contributed by atoms with Crippen molar-refractivity contribution in [2.75, 3.05) is 19.8 Å². The molecule has 5 aliphatic rings. The number of aliphatic hydroxyl groups excluding tert-OH is 1. The molecule has 16 nitrogen and oxygen atoms in total. The zero-order valence-corrected chi connectivity index (χ0v) is 41.2. The molecule has 67 heavy (non-hydrogen) atoms. The molecular weight excluding hydrogens is 882 g/mol. The van der Waals surface area contributed by atoms with Crippen LogP contribution >= 0.6 is 7.55 Å². The predicted molar refractivity (Wildman–Crippen MR) is 252 cm³/mol. The second kappa shape index (κ2) is 23.6. The van der Waals surface area contributed by atoms with Gasteiger partial charge in [-0.25, -0.2) is 9.59 Å². The number of amides is 2. The first kappa shape index (κ1) is 51.6. The van der Waals surface area contributed by atoms with E-state index in [1.54, 1.807) is 0 Å². The summed E-state index contributed by atoms with van der Waals surface area (Å²) in [6, 6.07) is 17.0. The van der Waals surface area contributed by atoms with Crippen molar-refractivity contribution in [3.8, 4) is 0 Å². The highest BCUT2D eigenvalue weighted by Crippen LogP contribution is 2.44. The Kier molecular flexibility index (Phi) is 18.2. The molecule has 5 fully saturated rings. The lowest BCUT2D eigenvalue weighted by atomic mass is 9.76. The molecular formula is C50H75N3O13P+. The van der Waals surface area contributed by atoms with Crippen molar-refractivity contribution in [1.29, 1.82) is 0 Å². The van der Waals surface area contributed by atoms with Gasteiger partial charge in [0, 0.05) is 30.3 Å². The third-order valence-electron chi connectivity index (χ3n) is 14.8. The SMILES string of the molecule is C=[P+](C)C1OCC2OC(OC3C(NC(=O)OCc4ccccc4)CC(N)C(O)C3OC3OC(CC)C(OC4OC(CNC(=O)OCc5ccccc5)C(CC)C(C)C4C)C3C)C(C)C(C)C2O1. The molecule has 21 unspecified atom stereocenters. The van der Waals surface area contributed by atoms with Crippen LogP contribution in [0.5, 0.6) is 0 Å². The summed E-state index contributed by atoms with van der Waals surface area (Å²) >= 11 is 0. The molecule has 2 aromatic carbocycles. The number of aliphatic hydroxyl groups is 1. The Bertz CT molecular complexity index is 1900. The summed E-state index contributed by atoms with van der Waals surface area (Å²) in [5, 5.41) is 17.9. The van der Waals surface area contributed by atoms with Crippen LogP contribution in [0.4, 0.5) is 9.59 Å². The summed E-state index contributed by atoms with van der Waals surface area (Å²) in [5.41, 5.74) is 8.40. The predicted octanol–water partition coefficient (Wildman–Crippen LogP) is 6.49. The van der Waals surface area contributed by atoms with Crippen LogP contribution in [-0.4, -0.2) is 129 Å². The number of rotatable bonds is 16. The van der Waals surface area contributed by atoms with Crippen LogP contribution in [0.25, 0.3) is 0 Å². The van der Waals surface area contributed by atoms with Crippen molar-refractivity contribution in [2.24, 2.45) is 41.2 Å². The fourth-order valence-electron chi connectivity index (χ4n) is 10.3. The Morgan fingerprint density at radius 3 is 1.93 bits per heavy atom. The molecule has 0 aromatic heterocycles. The average molecular weight is 957 g/mol. The number of ether oxygens (including phenoxy) is 10. The second-order valence-corrected chi connectivity index (χ2v) is 21.3. The molecule has 2 amide bonds. The quantitative estimate of drug-likeness (QED) is 0.133.